The lowest BCUT2D eigenvalue weighted by atomic mass is 10.3. The van der Waals surface area contributed by atoms with Gasteiger partial charge in [0, 0.05) is 19.3 Å². The van der Waals surface area contributed by atoms with Crippen LogP contribution in [0.5, 0.6) is 5.75 Å². The standard InChI is InChI=1S/C9H11N3OS/c1-12-7-4-11-3-2-8(7)13-5-6(10)9(12)14/h2-4,6H,5,10H2,1H3/t6-/m0/s1. The number of hydrogen-bond donors (Lipinski definition) is 1. The van der Waals surface area contributed by atoms with E-state index >= 15 is 0 Å². The van der Waals surface area contributed by atoms with Crippen molar-refractivity contribution >= 4 is 22.9 Å². The molecule has 2 heterocycles. The zero-order valence-electron chi connectivity index (χ0n) is 7.80. The molecule has 0 amide bonds. The first-order chi connectivity index (χ1) is 6.70. The lowest BCUT2D eigenvalue weighted by Gasteiger charge is -2.19. The van der Waals surface area contributed by atoms with E-state index in [0.717, 1.165) is 11.4 Å². The molecule has 1 aliphatic rings. The number of nitrogens with two attached hydrogens (primary N) is 1. The van der Waals surface area contributed by atoms with E-state index in [2.05, 4.69) is 4.98 Å². The fourth-order valence-electron chi connectivity index (χ4n) is 1.37. The minimum absolute atomic E-state index is 0.234. The van der Waals surface area contributed by atoms with E-state index in [4.69, 9.17) is 22.7 Å². The number of rotatable bonds is 0. The molecular formula is C9H11N3OS. The molecule has 0 aromatic carbocycles. The zero-order chi connectivity index (χ0) is 10.1. The Morgan fingerprint density at radius 1 is 1.71 bits per heavy atom. The molecule has 0 radical (unpaired) electrons. The summed E-state index contributed by atoms with van der Waals surface area (Å²) in [4.78, 5) is 6.55. The highest BCUT2D eigenvalue weighted by atomic mass is 32.1. The van der Waals surface area contributed by atoms with Gasteiger partial charge in [-0.1, -0.05) is 12.2 Å². The first-order valence-corrected chi connectivity index (χ1v) is 4.71. The molecule has 1 atom stereocenters. The van der Waals surface area contributed by atoms with Crippen LogP contribution in [-0.4, -0.2) is 29.7 Å². The van der Waals surface area contributed by atoms with Crippen LogP contribution >= 0.6 is 12.2 Å². The normalized spacial score (nSPS) is 21.1. The molecule has 0 fully saturated rings. The first kappa shape index (κ1) is 9.36. The van der Waals surface area contributed by atoms with E-state index in [9.17, 15) is 0 Å². The topological polar surface area (TPSA) is 51.4 Å². The fraction of sp³-hybridized carbons (Fsp3) is 0.333. The second-order valence-corrected chi connectivity index (χ2v) is 3.58. The van der Waals surface area contributed by atoms with E-state index in [1.54, 1.807) is 12.4 Å². The van der Waals surface area contributed by atoms with E-state index in [1.807, 2.05) is 18.0 Å². The lowest BCUT2D eigenvalue weighted by Crippen LogP contribution is -2.42. The fourth-order valence-corrected chi connectivity index (χ4v) is 1.53. The van der Waals surface area contributed by atoms with Crippen molar-refractivity contribution in [2.24, 2.45) is 5.73 Å². The SMILES string of the molecule is CN1C(=S)[C@@H](N)COc2ccncc21. The molecule has 0 aliphatic carbocycles. The van der Waals surface area contributed by atoms with Crippen LogP contribution in [0.1, 0.15) is 0 Å². The van der Waals surface area contributed by atoms with Crippen LogP contribution in [0.4, 0.5) is 5.69 Å². The van der Waals surface area contributed by atoms with Gasteiger partial charge in [0.25, 0.3) is 0 Å². The second kappa shape index (κ2) is 3.51. The van der Waals surface area contributed by atoms with E-state index < -0.39 is 0 Å². The predicted molar refractivity (Wildman–Crippen MR) is 58.7 cm³/mol. The average molecular weight is 209 g/mol. The van der Waals surface area contributed by atoms with E-state index in [1.165, 1.54) is 0 Å². The van der Waals surface area contributed by atoms with Crippen LogP contribution in [-0.2, 0) is 0 Å². The van der Waals surface area contributed by atoms with Gasteiger partial charge < -0.3 is 15.4 Å². The summed E-state index contributed by atoms with van der Waals surface area (Å²) in [7, 11) is 1.87. The summed E-state index contributed by atoms with van der Waals surface area (Å²) in [6.45, 7) is 0.417. The summed E-state index contributed by atoms with van der Waals surface area (Å²) in [5, 5.41) is 0. The Bertz CT molecular complexity index is 369. The van der Waals surface area contributed by atoms with Crippen LogP contribution in [0, 0.1) is 0 Å². The third-order valence-electron chi connectivity index (χ3n) is 2.19. The highest BCUT2D eigenvalue weighted by Gasteiger charge is 2.22. The number of thiocarbonyl (C=S) groups is 1. The molecule has 2 N–H and O–H groups in total. The largest absolute Gasteiger partial charge is 0.489 e. The van der Waals surface area contributed by atoms with Crippen LogP contribution in [0.3, 0.4) is 0 Å². The molecule has 1 aromatic rings. The Morgan fingerprint density at radius 3 is 3.29 bits per heavy atom. The smallest absolute Gasteiger partial charge is 0.146 e. The minimum atomic E-state index is -0.234. The minimum Gasteiger partial charge on any atom is -0.489 e. The quantitative estimate of drug-likeness (QED) is 0.633. The van der Waals surface area contributed by atoms with E-state index in [0.29, 0.717) is 11.6 Å². The van der Waals surface area contributed by atoms with Crippen molar-refractivity contribution in [2.75, 3.05) is 18.6 Å². The molecule has 0 unspecified atom stereocenters. The molecule has 14 heavy (non-hydrogen) atoms. The second-order valence-electron chi connectivity index (χ2n) is 3.16. The number of hydrogen-bond acceptors (Lipinski definition) is 4. The highest BCUT2D eigenvalue weighted by Crippen LogP contribution is 2.28. The third kappa shape index (κ3) is 1.44. The van der Waals surface area contributed by atoms with Crippen LogP contribution < -0.4 is 15.4 Å². The van der Waals surface area contributed by atoms with Gasteiger partial charge in [0.05, 0.1) is 12.2 Å². The Kier molecular flexibility index (Phi) is 2.35. The number of likely N-dealkylation sites (N-methyl/N-ethyl adjacent to an activating group) is 1. The zero-order valence-corrected chi connectivity index (χ0v) is 8.62. The highest BCUT2D eigenvalue weighted by molar-refractivity contribution is 7.80. The van der Waals surface area contributed by atoms with Gasteiger partial charge in [-0.05, 0) is 0 Å². The molecular weight excluding hydrogens is 198 g/mol. The number of nitrogens with zero attached hydrogens (tertiary/aromatic N) is 2. The summed E-state index contributed by atoms with van der Waals surface area (Å²) in [6.07, 6.45) is 3.41. The number of pyridine rings is 1. The Morgan fingerprint density at radius 2 is 2.50 bits per heavy atom. The molecule has 1 aromatic heterocycles. The van der Waals surface area contributed by atoms with E-state index in [-0.39, 0.29) is 6.04 Å². The Labute approximate surface area is 87.7 Å². The summed E-state index contributed by atoms with van der Waals surface area (Å²) in [5.74, 6) is 0.776. The van der Waals surface area contributed by atoms with Crippen molar-refractivity contribution in [3.63, 3.8) is 0 Å². The van der Waals surface area contributed by atoms with Gasteiger partial charge >= 0.3 is 0 Å². The van der Waals surface area contributed by atoms with Gasteiger partial charge in [0.15, 0.2) is 0 Å². The van der Waals surface area contributed by atoms with Gasteiger partial charge in [-0.2, -0.15) is 0 Å². The lowest BCUT2D eigenvalue weighted by molar-refractivity contribution is 0.317. The molecule has 74 valence electrons. The van der Waals surface area contributed by atoms with Crippen molar-refractivity contribution in [3.05, 3.63) is 18.5 Å². The summed E-state index contributed by atoms with van der Waals surface area (Å²) in [6, 6.07) is 1.58. The number of ether oxygens (including phenoxy) is 1. The van der Waals surface area contributed by atoms with Crippen LogP contribution in [0.15, 0.2) is 18.5 Å². The van der Waals surface area contributed by atoms with Crippen molar-refractivity contribution in [1.29, 1.82) is 0 Å². The first-order valence-electron chi connectivity index (χ1n) is 4.30. The van der Waals surface area contributed by atoms with Gasteiger partial charge in [0.1, 0.15) is 23.0 Å². The van der Waals surface area contributed by atoms with Gasteiger partial charge in [0.2, 0.25) is 0 Å². The van der Waals surface area contributed by atoms with Gasteiger partial charge in [-0.15, -0.1) is 0 Å². The average Bonchev–Trinajstić information content (AvgIpc) is 2.32. The number of anilines is 1. The van der Waals surface area contributed by atoms with Gasteiger partial charge in [-0.25, -0.2) is 0 Å². The molecule has 0 bridgehead atoms. The van der Waals surface area contributed by atoms with Crippen LogP contribution in [0.25, 0.3) is 0 Å². The molecule has 0 saturated heterocycles. The molecule has 2 rings (SSSR count). The van der Waals surface area contributed by atoms with Crippen LogP contribution in [0.2, 0.25) is 0 Å². The maximum atomic E-state index is 5.82. The van der Waals surface area contributed by atoms with Gasteiger partial charge in [-0.3, -0.25) is 4.98 Å². The third-order valence-corrected chi connectivity index (χ3v) is 2.77. The molecule has 5 heteroatoms. The maximum absolute atomic E-state index is 5.82. The molecule has 4 nitrogen and oxygen atoms in total. The van der Waals surface area contributed by atoms with Crippen molar-refractivity contribution in [1.82, 2.24) is 4.98 Å². The predicted octanol–water partition coefficient (Wildman–Crippen LogP) is 0.565. The number of fused-ring (bicyclic) bond motifs is 1. The Hall–Kier alpha value is -1.20. The molecule has 0 spiro atoms. The molecule has 0 saturated carbocycles. The number of aromatic nitrogens is 1. The Balaban J connectivity index is 2.45. The maximum Gasteiger partial charge on any atom is 0.146 e. The van der Waals surface area contributed by atoms with Crippen molar-refractivity contribution in [2.45, 2.75) is 6.04 Å². The summed E-state index contributed by atoms with van der Waals surface area (Å²) < 4.78 is 5.51. The van der Waals surface area contributed by atoms with Crippen molar-refractivity contribution in [3.8, 4) is 5.75 Å². The monoisotopic (exact) mass is 209 g/mol. The summed E-state index contributed by atoms with van der Waals surface area (Å²) >= 11 is 5.21. The van der Waals surface area contributed by atoms with Crippen molar-refractivity contribution < 1.29 is 4.74 Å². The molecule has 1 aliphatic heterocycles. The summed E-state index contributed by atoms with van der Waals surface area (Å²) in [5.41, 5.74) is 6.69.